The van der Waals surface area contributed by atoms with Crippen molar-refractivity contribution in [2.75, 3.05) is 25.1 Å². The molecule has 2 aromatic carbocycles. The molecular weight excluding hydrogens is 316 g/mol. The van der Waals surface area contributed by atoms with Gasteiger partial charge in [-0.2, -0.15) is 0 Å². The summed E-state index contributed by atoms with van der Waals surface area (Å²) in [5.74, 6) is 0.523. The fraction of sp³-hybridized carbons (Fsp3) is 0.350. The Hall–Kier alpha value is -2.53. The van der Waals surface area contributed by atoms with Crippen molar-refractivity contribution in [2.45, 2.75) is 25.0 Å². The molecule has 1 aliphatic heterocycles. The second kappa shape index (κ2) is 8.03. The molecule has 5 heteroatoms. The van der Waals surface area contributed by atoms with Crippen molar-refractivity contribution in [1.82, 2.24) is 5.32 Å². The quantitative estimate of drug-likeness (QED) is 0.878. The monoisotopic (exact) mass is 340 g/mol. The zero-order valence-corrected chi connectivity index (χ0v) is 14.4. The first kappa shape index (κ1) is 17.3. The molecule has 1 atom stereocenters. The van der Waals surface area contributed by atoms with Crippen molar-refractivity contribution in [3.63, 3.8) is 0 Å². The van der Waals surface area contributed by atoms with Gasteiger partial charge < -0.3 is 20.1 Å². The van der Waals surface area contributed by atoms with Crippen LogP contribution in [0.4, 0.5) is 5.69 Å². The molecule has 0 spiro atoms. The molecule has 0 radical (unpaired) electrons. The van der Waals surface area contributed by atoms with Crippen LogP contribution in [0.3, 0.4) is 0 Å². The Morgan fingerprint density at radius 1 is 1.12 bits per heavy atom. The van der Waals surface area contributed by atoms with Crippen molar-refractivity contribution in [2.24, 2.45) is 0 Å². The summed E-state index contributed by atoms with van der Waals surface area (Å²) in [6.07, 6.45) is 0.610. The number of ether oxygens (including phenoxy) is 1. The number of carbonyl (C=O) groups excluding carboxylic acids is 1. The van der Waals surface area contributed by atoms with E-state index >= 15 is 0 Å². The number of aliphatic hydroxyl groups excluding tert-OH is 1. The molecule has 1 aliphatic rings. The summed E-state index contributed by atoms with van der Waals surface area (Å²) in [4.78, 5) is 14.5. The summed E-state index contributed by atoms with van der Waals surface area (Å²) < 4.78 is 5.19. The molecule has 25 heavy (non-hydrogen) atoms. The van der Waals surface area contributed by atoms with Crippen LogP contribution in [0.5, 0.6) is 5.75 Å². The first-order valence-electron chi connectivity index (χ1n) is 8.60. The Kier molecular flexibility index (Phi) is 5.56. The molecule has 1 saturated heterocycles. The zero-order chi connectivity index (χ0) is 17.6. The summed E-state index contributed by atoms with van der Waals surface area (Å²) in [6.45, 7) is 1.75. The van der Waals surface area contributed by atoms with Crippen molar-refractivity contribution < 1.29 is 14.6 Å². The van der Waals surface area contributed by atoms with Gasteiger partial charge in [0.2, 0.25) is 0 Å². The van der Waals surface area contributed by atoms with Gasteiger partial charge in [-0.3, -0.25) is 4.79 Å². The number of methoxy groups -OCH3 is 1. The van der Waals surface area contributed by atoms with Crippen LogP contribution in [0.1, 0.15) is 24.5 Å². The first-order chi connectivity index (χ1) is 12.2. The average Bonchev–Trinajstić information content (AvgIpc) is 2.68. The van der Waals surface area contributed by atoms with Crippen LogP contribution in [0.15, 0.2) is 54.6 Å². The summed E-state index contributed by atoms with van der Waals surface area (Å²) in [6, 6.07) is 17.1. The second-order valence-electron chi connectivity index (χ2n) is 6.28. The lowest BCUT2D eigenvalue weighted by atomic mass is 10.0. The van der Waals surface area contributed by atoms with E-state index in [4.69, 9.17) is 4.74 Å². The van der Waals surface area contributed by atoms with E-state index in [9.17, 15) is 9.90 Å². The fourth-order valence-corrected chi connectivity index (χ4v) is 3.14. The number of rotatable bonds is 5. The predicted molar refractivity (Wildman–Crippen MR) is 97.8 cm³/mol. The molecule has 0 aliphatic carbocycles. The Labute approximate surface area is 148 Å². The highest BCUT2D eigenvalue weighted by Gasteiger charge is 2.24. The number of anilines is 1. The van der Waals surface area contributed by atoms with Gasteiger partial charge in [-0.1, -0.05) is 30.3 Å². The van der Waals surface area contributed by atoms with Crippen molar-refractivity contribution in [1.29, 1.82) is 0 Å². The molecular formula is C20H24N2O3. The molecule has 5 nitrogen and oxygen atoms in total. The van der Waals surface area contributed by atoms with E-state index in [2.05, 4.69) is 22.3 Å². The van der Waals surface area contributed by atoms with Gasteiger partial charge in [-0.05, 0) is 42.7 Å². The normalized spacial score (nSPS) is 16.3. The number of nitrogens with zero attached hydrogens (tertiary/aromatic N) is 1. The highest BCUT2D eigenvalue weighted by Crippen LogP contribution is 2.23. The molecule has 132 valence electrons. The van der Waals surface area contributed by atoms with Crippen molar-refractivity contribution >= 4 is 11.6 Å². The zero-order valence-electron chi connectivity index (χ0n) is 14.4. The lowest BCUT2D eigenvalue weighted by Crippen LogP contribution is -2.46. The van der Waals surface area contributed by atoms with Crippen LogP contribution in [-0.2, 0) is 4.79 Å². The van der Waals surface area contributed by atoms with Crippen molar-refractivity contribution in [3.8, 4) is 5.75 Å². The van der Waals surface area contributed by atoms with E-state index in [0.29, 0.717) is 5.56 Å². The highest BCUT2D eigenvalue weighted by molar-refractivity contribution is 5.82. The number of nitrogens with one attached hydrogen (secondary N) is 1. The number of benzene rings is 2. The minimum absolute atomic E-state index is 0.0976. The number of amides is 1. The lowest BCUT2D eigenvalue weighted by molar-refractivity contribution is -0.130. The highest BCUT2D eigenvalue weighted by atomic mass is 16.5. The van der Waals surface area contributed by atoms with Crippen LogP contribution in [0.25, 0.3) is 0 Å². The van der Waals surface area contributed by atoms with Crippen LogP contribution in [0, 0.1) is 0 Å². The Morgan fingerprint density at radius 3 is 2.36 bits per heavy atom. The van der Waals surface area contributed by atoms with Gasteiger partial charge >= 0.3 is 0 Å². The first-order valence-corrected chi connectivity index (χ1v) is 8.60. The van der Waals surface area contributed by atoms with E-state index < -0.39 is 6.10 Å². The molecule has 2 N–H and O–H groups in total. The maximum absolute atomic E-state index is 12.2. The van der Waals surface area contributed by atoms with Crippen LogP contribution >= 0.6 is 0 Å². The van der Waals surface area contributed by atoms with Crippen molar-refractivity contribution in [3.05, 3.63) is 60.2 Å². The van der Waals surface area contributed by atoms with E-state index in [1.165, 1.54) is 0 Å². The van der Waals surface area contributed by atoms with E-state index in [1.807, 2.05) is 30.3 Å². The third-order valence-corrected chi connectivity index (χ3v) is 4.64. The largest absolute Gasteiger partial charge is 0.497 e. The van der Waals surface area contributed by atoms with Gasteiger partial charge in [0.15, 0.2) is 6.10 Å². The molecule has 0 aromatic heterocycles. The third-order valence-electron chi connectivity index (χ3n) is 4.64. The summed E-state index contributed by atoms with van der Waals surface area (Å²) >= 11 is 0. The lowest BCUT2D eigenvalue weighted by Gasteiger charge is -2.34. The van der Waals surface area contributed by atoms with Crippen LogP contribution in [0.2, 0.25) is 0 Å². The van der Waals surface area contributed by atoms with Gasteiger partial charge in [-0.15, -0.1) is 0 Å². The van der Waals surface area contributed by atoms with E-state index in [-0.39, 0.29) is 11.9 Å². The van der Waals surface area contributed by atoms with Gasteiger partial charge in [-0.25, -0.2) is 0 Å². The van der Waals surface area contributed by atoms with E-state index in [0.717, 1.165) is 37.4 Å². The fourth-order valence-electron chi connectivity index (χ4n) is 3.14. The molecule has 0 saturated carbocycles. The van der Waals surface area contributed by atoms with Gasteiger partial charge in [0, 0.05) is 24.8 Å². The standard InChI is InChI=1S/C20H24N2O3/c1-25-18-9-7-17(8-10-18)22-13-11-16(12-14-22)21-20(24)19(23)15-5-3-2-4-6-15/h2-10,16,19,23H,11-14H2,1H3,(H,21,24). The minimum Gasteiger partial charge on any atom is -0.497 e. The minimum atomic E-state index is -1.11. The van der Waals surface area contributed by atoms with Crippen LogP contribution in [-0.4, -0.2) is 37.3 Å². The Morgan fingerprint density at radius 2 is 1.76 bits per heavy atom. The van der Waals surface area contributed by atoms with E-state index in [1.54, 1.807) is 19.2 Å². The molecule has 3 rings (SSSR count). The smallest absolute Gasteiger partial charge is 0.253 e. The molecule has 1 fully saturated rings. The molecule has 2 aromatic rings. The molecule has 0 bridgehead atoms. The number of carbonyl (C=O) groups is 1. The third kappa shape index (κ3) is 4.31. The number of piperidine rings is 1. The Balaban J connectivity index is 1.51. The molecule has 1 amide bonds. The van der Waals surface area contributed by atoms with Crippen LogP contribution < -0.4 is 15.0 Å². The second-order valence-corrected chi connectivity index (χ2v) is 6.28. The summed E-state index contributed by atoms with van der Waals surface area (Å²) in [7, 11) is 1.66. The Bertz CT molecular complexity index is 680. The number of hydrogen-bond donors (Lipinski definition) is 2. The van der Waals surface area contributed by atoms with Gasteiger partial charge in [0.25, 0.3) is 5.91 Å². The topological polar surface area (TPSA) is 61.8 Å². The maximum Gasteiger partial charge on any atom is 0.253 e. The number of hydrogen-bond acceptors (Lipinski definition) is 4. The SMILES string of the molecule is COc1ccc(N2CCC(NC(=O)C(O)c3ccccc3)CC2)cc1. The number of aliphatic hydroxyl groups is 1. The predicted octanol–water partition coefficient (Wildman–Crippen LogP) is 2.51. The van der Waals surface area contributed by atoms with Gasteiger partial charge in [0.1, 0.15) is 5.75 Å². The molecule has 1 heterocycles. The summed E-state index contributed by atoms with van der Waals surface area (Å²) in [5.41, 5.74) is 1.78. The maximum atomic E-state index is 12.2. The molecule has 1 unspecified atom stereocenters. The average molecular weight is 340 g/mol. The van der Waals surface area contributed by atoms with Gasteiger partial charge in [0.05, 0.1) is 7.11 Å². The summed E-state index contributed by atoms with van der Waals surface area (Å²) in [5, 5.41) is 13.1.